The lowest BCUT2D eigenvalue weighted by atomic mass is 10.00. The summed E-state index contributed by atoms with van der Waals surface area (Å²) in [5.41, 5.74) is 3.71. The minimum atomic E-state index is -0.958. The molecule has 0 spiro atoms. The second kappa shape index (κ2) is 7.48. The number of fused-ring (bicyclic) bond motifs is 3. The molecule has 0 amide bonds. The summed E-state index contributed by atoms with van der Waals surface area (Å²) < 4.78 is 7.85. The maximum atomic E-state index is 10.8. The summed E-state index contributed by atoms with van der Waals surface area (Å²) in [6.45, 7) is 4.75. The Bertz CT molecular complexity index is 1020. The molecular formula is C21H23N3O3. The molecule has 1 aliphatic rings. The summed E-state index contributed by atoms with van der Waals surface area (Å²) in [4.78, 5) is 20.1. The highest BCUT2D eigenvalue weighted by atomic mass is 16.5. The quantitative estimate of drug-likeness (QED) is 0.698. The van der Waals surface area contributed by atoms with Gasteiger partial charge in [0.2, 0.25) is 0 Å². The number of aromatic nitrogens is 3. The summed E-state index contributed by atoms with van der Waals surface area (Å²) in [6, 6.07) is 5.87. The van der Waals surface area contributed by atoms with E-state index in [4.69, 9.17) is 14.8 Å². The number of ether oxygens (including phenoxy) is 1. The Morgan fingerprint density at radius 2 is 2.15 bits per heavy atom. The number of carboxylic acid groups (broad SMARTS) is 1. The molecule has 1 fully saturated rings. The molecule has 6 nitrogen and oxygen atoms in total. The third kappa shape index (κ3) is 3.57. The van der Waals surface area contributed by atoms with Crippen LogP contribution in [0.1, 0.15) is 31.2 Å². The normalized spacial score (nSPS) is 15.9. The largest absolute Gasteiger partial charge is 0.478 e. The molecule has 3 heterocycles. The fourth-order valence-corrected chi connectivity index (χ4v) is 3.80. The molecule has 0 atom stereocenters. The van der Waals surface area contributed by atoms with Crippen LogP contribution in [0.4, 0.5) is 0 Å². The van der Waals surface area contributed by atoms with E-state index in [1.54, 1.807) is 6.08 Å². The molecule has 0 unspecified atom stereocenters. The zero-order valence-electron chi connectivity index (χ0n) is 15.4. The summed E-state index contributed by atoms with van der Waals surface area (Å²) in [5, 5.41) is 9.88. The zero-order valence-corrected chi connectivity index (χ0v) is 15.4. The van der Waals surface area contributed by atoms with E-state index < -0.39 is 5.97 Å². The predicted molar refractivity (Wildman–Crippen MR) is 105 cm³/mol. The number of carbonyl (C=O) groups is 1. The van der Waals surface area contributed by atoms with E-state index in [-0.39, 0.29) is 0 Å². The Hall–Kier alpha value is -2.73. The second-order valence-corrected chi connectivity index (χ2v) is 6.99. The van der Waals surface area contributed by atoms with Gasteiger partial charge in [-0.25, -0.2) is 9.78 Å². The van der Waals surface area contributed by atoms with Gasteiger partial charge in [0.1, 0.15) is 11.3 Å². The molecule has 140 valence electrons. The minimum Gasteiger partial charge on any atom is -0.478 e. The van der Waals surface area contributed by atoms with E-state index in [0.717, 1.165) is 78.4 Å². The molecule has 3 aromatic rings. The van der Waals surface area contributed by atoms with Crippen molar-refractivity contribution in [3.63, 3.8) is 0 Å². The standard InChI is InChI=1S/C21H23N3O3/c1-2-19-23-18-12-22-17-11-14(4-6-20(25)26)3-5-16(17)21(18)24(19)13-15-7-9-27-10-8-15/h3-6,11-12,15H,2,7-10,13H2,1H3,(H,25,26). The highest BCUT2D eigenvalue weighted by Gasteiger charge is 2.19. The molecule has 1 aromatic carbocycles. The van der Waals surface area contributed by atoms with Gasteiger partial charge in [-0.05, 0) is 36.5 Å². The van der Waals surface area contributed by atoms with Gasteiger partial charge in [0.25, 0.3) is 0 Å². The number of nitrogens with zero attached hydrogens (tertiary/aromatic N) is 3. The van der Waals surface area contributed by atoms with Crippen molar-refractivity contribution >= 4 is 34.0 Å². The fraction of sp³-hybridized carbons (Fsp3) is 0.381. The van der Waals surface area contributed by atoms with Gasteiger partial charge >= 0.3 is 5.97 Å². The highest BCUT2D eigenvalue weighted by Crippen LogP contribution is 2.28. The van der Waals surface area contributed by atoms with Gasteiger partial charge in [-0.3, -0.25) is 4.98 Å². The van der Waals surface area contributed by atoms with Crippen molar-refractivity contribution in [1.29, 1.82) is 0 Å². The minimum absolute atomic E-state index is 0.599. The van der Waals surface area contributed by atoms with Crippen molar-refractivity contribution in [2.45, 2.75) is 32.7 Å². The summed E-state index contributed by atoms with van der Waals surface area (Å²) in [6.07, 6.45) is 7.58. The lowest BCUT2D eigenvalue weighted by molar-refractivity contribution is -0.131. The van der Waals surface area contributed by atoms with E-state index in [1.807, 2.05) is 24.4 Å². The Kier molecular flexibility index (Phi) is 4.90. The third-order valence-corrected chi connectivity index (χ3v) is 5.19. The first-order valence-corrected chi connectivity index (χ1v) is 9.42. The molecule has 4 rings (SSSR count). The second-order valence-electron chi connectivity index (χ2n) is 6.99. The first-order chi connectivity index (χ1) is 13.2. The van der Waals surface area contributed by atoms with Crippen LogP contribution in [-0.4, -0.2) is 38.8 Å². The maximum absolute atomic E-state index is 10.8. The van der Waals surface area contributed by atoms with Crippen LogP contribution in [0.25, 0.3) is 28.0 Å². The Morgan fingerprint density at radius 3 is 2.89 bits per heavy atom. The van der Waals surface area contributed by atoms with Crippen molar-refractivity contribution in [2.75, 3.05) is 13.2 Å². The monoisotopic (exact) mass is 365 g/mol. The van der Waals surface area contributed by atoms with Crippen LogP contribution in [0, 0.1) is 5.92 Å². The fourth-order valence-electron chi connectivity index (χ4n) is 3.80. The van der Waals surface area contributed by atoms with Gasteiger partial charge in [0.05, 0.1) is 17.2 Å². The average Bonchev–Trinajstić information content (AvgIpc) is 3.05. The van der Waals surface area contributed by atoms with Crippen LogP contribution in [0.3, 0.4) is 0 Å². The number of rotatable bonds is 5. The first-order valence-electron chi connectivity index (χ1n) is 9.42. The number of imidazole rings is 1. The number of hydrogen-bond donors (Lipinski definition) is 1. The summed E-state index contributed by atoms with van der Waals surface area (Å²) >= 11 is 0. The van der Waals surface area contributed by atoms with E-state index >= 15 is 0 Å². The van der Waals surface area contributed by atoms with Gasteiger partial charge < -0.3 is 14.4 Å². The molecule has 0 bridgehead atoms. The molecule has 0 saturated carbocycles. The maximum Gasteiger partial charge on any atom is 0.328 e. The Labute approximate surface area is 157 Å². The molecule has 0 radical (unpaired) electrons. The summed E-state index contributed by atoms with van der Waals surface area (Å²) in [5.74, 6) is 0.726. The van der Waals surface area contributed by atoms with Crippen molar-refractivity contribution in [3.8, 4) is 0 Å². The highest BCUT2D eigenvalue weighted by molar-refractivity contribution is 6.03. The smallest absolute Gasteiger partial charge is 0.328 e. The van der Waals surface area contributed by atoms with Gasteiger partial charge in [0.15, 0.2) is 0 Å². The number of aryl methyl sites for hydroxylation is 1. The summed E-state index contributed by atoms with van der Waals surface area (Å²) in [7, 11) is 0. The number of hydrogen-bond acceptors (Lipinski definition) is 4. The number of pyridine rings is 1. The number of benzene rings is 1. The molecule has 1 saturated heterocycles. The van der Waals surface area contributed by atoms with Crippen LogP contribution in [0.5, 0.6) is 0 Å². The van der Waals surface area contributed by atoms with E-state index in [1.165, 1.54) is 0 Å². The first kappa shape index (κ1) is 17.7. The predicted octanol–water partition coefficient (Wildman–Crippen LogP) is 3.67. The van der Waals surface area contributed by atoms with Gasteiger partial charge in [0, 0.05) is 37.6 Å². The lowest BCUT2D eigenvalue weighted by Crippen LogP contribution is -2.21. The van der Waals surface area contributed by atoms with Gasteiger partial charge in [-0.2, -0.15) is 0 Å². The molecule has 27 heavy (non-hydrogen) atoms. The van der Waals surface area contributed by atoms with Crippen molar-refractivity contribution in [2.24, 2.45) is 5.92 Å². The lowest BCUT2D eigenvalue weighted by Gasteiger charge is -2.23. The molecule has 2 aromatic heterocycles. The van der Waals surface area contributed by atoms with E-state index in [0.29, 0.717) is 5.92 Å². The molecule has 0 aliphatic carbocycles. The van der Waals surface area contributed by atoms with Crippen molar-refractivity contribution in [1.82, 2.24) is 14.5 Å². The van der Waals surface area contributed by atoms with Gasteiger partial charge in [-0.15, -0.1) is 0 Å². The van der Waals surface area contributed by atoms with Crippen LogP contribution >= 0.6 is 0 Å². The number of carboxylic acids is 1. The van der Waals surface area contributed by atoms with Crippen LogP contribution in [-0.2, 0) is 22.5 Å². The van der Waals surface area contributed by atoms with Crippen molar-refractivity contribution < 1.29 is 14.6 Å². The molecular weight excluding hydrogens is 342 g/mol. The Morgan fingerprint density at radius 1 is 1.33 bits per heavy atom. The van der Waals surface area contributed by atoms with E-state index in [9.17, 15) is 4.79 Å². The number of aliphatic carboxylic acids is 1. The molecule has 1 aliphatic heterocycles. The SMILES string of the molecule is CCc1nc2cnc3cc(C=CC(=O)O)ccc3c2n1CC1CCOCC1. The van der Waals surface area contributed by atoms with Crippen LogP contribution in [0.2, 0.25) is 0 Å². The average molecular weight is 365 g/mol. The Balaban J connectivity index is 1.81. The topological polar surface area (TPSA) is 77.2 Å². The van der Waals surface area contributed by atoms with Crippen LogP contribution in [0.15, 0.2) is 30.5 Å². The van der Waals surface area contributed by atoms with Gasteiger partial charge in [-0.1, -0.05) is 19.1 Å². The van der Waals surface area contributed by atoms with E-state index in [2.05, 4.69) is 16.5 Å². The molecule has 1 N–H and O–H groups in total. The zero-order chi connectivity index (χ0) is 18.8. The van der Waals surface area contributed by atoms with Crippen LogP contribution < -0.4 is 0 Å². The molecule has 6 heteroatoms. The third-order valence-electron chi connectivity index (χ3n) is 5.19. The van der Waals surface area contributed by atoms with Crippen molar-refractivity contribution in [3.05, 3.63) is 41.9 Å².